The number of aliphatic carboxylic acids is 1. The molecule has 0 aromatic carbocycles. The highest BCUT2D eigenvalue weighted by Gasteiger charge is 2.22. The minimum atomic E-state index is -3.26. The predicted octanol–water partition coefficient (Wildman–Crippen LogP) is 0.0849. The SMILES string of the molecule is CP(=O)(O)CCC(NC(=O)CCl)C(=O)O. The number of hydrogen-bond donors (Lipinski definition) is 3. The Hall–Kier alpha value is -0.580. The van der Waals surface area contributed by atoms with Crippen molar-refractivity contribution < 1.29 is 24.2 Å². The fourth-order valence-electron chi connectivity index (χ4n) is 0.859. The number of carbonyl (C=O) groups is 2. The molecule has 0 aromatic heterocycles. The van der Waals surface area contributed by atoms with Crippen LogP contribution in [0.5, 0.6) is 0 Å². The molecule has 3 N–H and O–H groups in total. The average Bonchev–Trinajstić information content (AvgIpc) is 2.09. The number of rotatable bonds is 6. The van der Waals surface area contributed by atoms with Gasteiger partial charge in [-0.05, 0) is 6.42 Å². The smallest absolute Gasteiger partial charge is 0.326 e. The van der Waals surface area contributed by atoms with Gasteiger partial charge in [0.15, 0.2) is 7.37 Å². The van der Waals surface area contributed by atoms with Gasteiger partial charge < -0.3 is 15.3 Å². The van der Waals surface area contributed by atoms with Crippen molar-refractivity contribution in [1.82, 2.24) is 5.32 Å². The third-order valence-electron chi connectivity index (χ3n) is 1.59. The van der Waals surface area contributed by atoms with Crippen LogP contribution in [-0.2, 0) is 14.2 Å². The van der Waals surface area contributed by atoms with Crippen LogP contribution in [0, 0.1) is 0 Å². The minimum Gasteiger partial charge on any atom is -0.480 e. The second kappa shape index (κ2) is 6.10. The van der Waals surface area contributed by atoms with E-state index in [1.165, 1.54) is 0 Å². The van der Waals surface area contributed by atoms with Gasteiger partial charge in [0.25, 0.3) is 0 Å². The summed E-state index contributed by atoms with van der Waals surface area (Å²) in [5, 5.41) is 10.8. The van der Waals surface area contributed by atoms with Gasteiger partial charge in [-0.2, -0.15) is 0 Å². The summed E-state index contributed by atoms with van der Waals surface area (Å²) in [7, 11) is -3.26. The van der Waals surface area contributed by atoms with Crippen LogP contribution in [-0.4, -0.2) is 46.6 Å². The molecule has 0 saturated heterocycles. The minimum absolute atomic E-state index is 0.0950. The lowest BCUT2D eigenvalue weighted by Crippen LogP contribution is -2.41. The maximum atomic E-state index is 10.9. The van der Waals surface area contributed by atoms with Gasteiger partial charge in [-0.15, -0.1) is 11.6 Å². The fraction of sp³-hybridized carbons (Fsp3) is 0.714. The van der Waals surface area contributed by atoms with E-state index in [0.717, 1.165) is 6.66 Å². The highest BCUT2D eigenvalue weighted by Crippen LogP contribution is 2.35. The molecule has 88 valence electrons. The Kier molecular flexibility index (Phi) is 5.87. The zero-order chi connectivity index (χ0) is 12.1. The van der Waals surface area contributed by atoms with E-state index in [-0.39, 0.29) is 18.5 Å². The molecule has 0 aliphatic carbocycles. The van der Waals surface area contributed by atoms with Crippen LogP contribution < -0.4 is 5.32 Å². The Morgan fingerprint density at radius 1 is 1.53 bits per heavy atom. The fourth-order valence-corrected chi connectivity index (χ4v) is 1.67. The van der Waals surface area contributed by atoms with Gasteiger partial charge in [-0.3, -0.25) is 9.36 Å². The Morgan fingerprint density at radius 2 is 2.07 bits per heavy atom. The Bertz CT molecular complexity index is 289. The van der Waals surface area contributed by atoms with E-state index in [4.69, 9.17) is 21.6 Å². The predicted molar refractivity (Wildman–Crippen MR) is 55.5 cm³/mol. The second-order valence-corrected chi connectivity index (χ2v) is 5.97. The van der Waals surface area contributed by atoms with E-state index in [1.807, 2.05) is 0 Å². The first-order chi connectivity index (χ1) is 6.76. The van der Waals surface area contributed by atoms with Crippen LogP contribution in [0.2, 0.25) is 0 Å². The molecule has 6 nitrogen and oxygen atoms in total. The van der Waals surface area contributed by atoms with Crippen LogP contribution >= 0.6 is 19.0 Å². The standard InChI is InChI=1S/C7H13ClNO5P/c1-15(13,14)3-2-5(7(11)12)9-6(10)4-8/h5H,2-4H2,1H3,(H,9,10)(H,11,12)(H,13,14). The largest absolute Gasteiger partial charge is 0.480 e. The summed E-state index contributed by atoms with van der Waals surface area (Å²) in [4.78, 5) is 30.4. The van der Waals surface area contributed by atoms with Gasteiger partial charge in [0, 0.05) is 12.8 Å². The summed E-state index contributed by atoms with van der Waals surface area (Å²) in [6.07, 6.45) is -0.255. The van der Waals surface area contributed by atoms with Crippen molar-refractivity contribution in [1.29, 1.82) is 0 Å². The first-order valence-corrected chi connectivity index (χ1v) is 6.96. The molecule has 15 heavy (non-hydrogen) atoms. The zero-order valence-electron chi connectivity index (χ0n) is 8.14. The Labute approximate surface area is 92.1 Å². The first-order valence-electron chi connectivity index (χ1n) is 4.13. The highest BCUT2D eigenvalue weighted by atomic mass is 35.5. The molecular formula is C7H13ClNO5P. The zero-order valence-corrected chi connectivity index (χ0v) is 9.79. The summed E-state index contributed by atoms with van der Waals surface area (Å²) in [6.45, 7) is 1.13. The Morgan fingerprint density at radius 3 is 2.40 bits per heavy atom. The summed E-state index contributed by atoms with van der Waals surface area (Å²) in [5.41, 5.74) is 0. The lowest BCUT2D eigenvalue weighted by molar-refractivity contribution is -0.141. The molecule has 0 radical (unpaired) electrons. The molecule has 0 bridgehead atoms. The summed E-state index contributed by atoms with van der Waals surface area (Å²) < 4.78 is 10.9. The molecular weight excluding hydrogens is 245 g/mol. The van der Waals surface area contributed by atoms with Gasteiger partial charge in [-0.25, -0.2) is 4.79 Å². The van der Waals surface area contributed by atoms with E-state index < -0.39 is 25.3 Å². The first kappa shape index (κ1) is 14.4. The normalized spacial score (nSPS) is 16.5. The number of hydrogen-bond acceptors (Lipinski definition) is 3. The lowest BCUT2D eigenvalue weighted by atomic mass is 10.2. The average molecular weight is 258 g/mol. The van der Waals surface area contributed by atoms with Gasteiger partial charge >= 0.3 is 5.97 Å². The maximum absolute atomic E-state index is 10.9. The summed E-state index contributed by atoms with van der Waals surface area (Å²) >= 11 is 5.18. The van der Waals surface area contributed by atoms with Gasteiger partial charge in [0.2, 0.25) is 5.91 Å². The molecule has 0 aliphatic heterocycles. The van der Waals surface area contributed by atoms with Crippen molar-refractivity contribution in [3.8, 4) is 0 Å². The monoisotopic (exact) mass is 257 g/mol. The van der Waals surface area contributed by atoms with E-state index in [9.17, 15) is 14.2 Å². The van der Waals surface area contributed by atoms with Crippen molar-refractivity contribution >= 4 is 30.8 Å². The van der Waals surface area contributed by atoms with Gasteiger partial charge in [0.05, 0.1) is 0 Å². The molecule has 0 spiro atoms. The molecule has 0 aliphatic rings. The maximum Gasteiger partial charge on any atom is 0.326 e. The van der Waals surface area contributed by atoms with Crippen LogP contribution in [0.15, 0.2) is 0 Å². The summed E-state index contributed by atoms with van der Waals surface area (Å²) in [5.74, 6) is -2.21. The topological polar surface area (TPSA) is 104 Å². The number of carbonyl (C=O) groups excluding carboxylic acids is 1. The van der Waals surface area contributed by atoms with Crippen LogP contribution in [0.4, 0.5) is 0 Å². The molecule has 0 fully saturated rings. The molecule has 0 rings (SSSR count). The molecule has 8 heteroatoms. The molecule has 0 saturated carbocycles. The molecule has 2 atom stereocenters. The number of alkyl halides is 1. The molecule has 0 aromatic rings. The third-order valence-corrected chi connectivity index (χ3v) is 2.92. The Balaban J connectivity index is 4.24. The van der Waals surface area contributed by atoms with Crippen molar-refractivity contribution in [3.63, 3.8) is 0 Å². The quantitative estimate of drug-likeness (QED) is 0.462. The van der Waals surface area contributed by atoms with Crippen molar-refractivity contribution in [2.45, 2.75) is 12.5 Å². The van der Waals surface area contributed by atoms with Crippen molar-refractivity contribution in [3.05, 3.63) is 0 Å². The number of nitrogens with one attached hydrogen (secondary N) is 1. The highest BCUT2D eigenvalue weighted by molar-refractivity contribution is 7.57. The van der Waals surface area contributed by atoms with Crippen LogP contribution in [0.3, 0.4) is 0 Å². The second-order valence-electron chi connectivity index (χ2n) is 3.16. The number of halogens is 1. The molecule has 2 unspecified atom stereocenters. The lowest BCUT2D eigenvalue weighted by Gasteiger charge is -2.14. The van der Waals surface area contributed by atoms with E-state index in [1.54, 1.807) is 0 Å². The van der Waals surface area contributed by atoms with Gasteiger partial charge in [0.1, 0.15) is 11.9 Å². The van der Waals surface area contributed by atoms with Gasteiger partial charge in [-0.1, -0.05) is 0 Å². The van der Waals surface area contributed by atoms with E-state index >= 15 is 0 Å². The van der Waals surface area contributed by atoms with E-state index in [0.29, 0.717) is 0 Å². The number of carboxylic acid groups (broad SMARTS) is 1. The van der Waals surface area contributed by atoms with Crippen molar-refractivity contribution in [2.24, 2.45) is 0 Å². The summed E-state index contributed by atoms with van der Waals surface area (Å²) in [6, 6.07) is -1.17. The van der Waals surface area contributed by atoms with E-state index in [2.05, 4.69) is 5.32 Å². The van der Waals surface area contributed by atoms with Crippen LogP contribution in [0.1, 0.15) is 6.42 Å². The third kappa shape index (κ3) is 7.36. The number of carboxylic acids is 1. The van der Waals surface area contributed by atoms with Crippen LogP contribution in [0.25, 0.3) is 0 Å². The molecule has 0 heterocycles. The number of amides is 1. The van der Waals surface area contributed by atoms with Crippen molar-refractivity contribution in [2.75, 3.05) is 18.7 Å². The molecule has 1 amide bonds.